The number of hydrogen-bond donors (Lipinski definition) is 1. The van der Waals surface area contributed by atoms with E-state index in [0.29, 0.717) is 0 Å². The van der Waals surface area contributed by atoms with E-state index in [2.05, 4.69) is 28.8 Å². The Morgan fingerprint density at radius 1 is 1.60 bits per heavy atom. The Balaban J connectivity index is 0.000000288. The minimum atomic E-state index is -4.16. The number of nitrogens with zero attached hydrogens (tertiary/aromatic N) is 2. The van der Waals surface area contributed by atoms with E-state index in [1.54, 1.807) is 0 Å². The standard InChI is InChI=1S/C7H12N2.CH4O4S/c1-3-8-5-6-9(4-2)7-8;1-5-6(2,3)4/h3,5-6H,1,4,7H2,2H3;1H3,(H,2,3,4). The van der Waals surface area contributed by atoms with Gasteiger partial charge in [0.25, 0.3) is 0 Å². The van der Waals surface area contributed by atoms with Gasteiger partial charge in [-0.3, -0.25) is 8.74 Å². The zero-order valence-corrected chi connectivity index (χ0v) is 9.64. The van der Waals surface area contributed by atoms with Crippen molar-refractivity contribution in [2.24, 2.45) is 0 Å². The maximum absolute atomic E-state index is 9.33. The van der Waals surface area contributed by atoms with Crippen molar-refractivity contribution in [2.75, 3.05) is 20.3 Å². The summed E-state index contributed by atoms with van der Waals surface area (Å²) in [5, 5.41) is 0. The molecule has 0 aliphatic carbocycles. The quantitative estimate of drug-likeness (QED) is 0.725. The highest BCUT2D eigenvalue weighted by Crippen LogP contribution is 2.04. The molecule has 0 bridgehead atoms. The molecule has 0 saturated carbocycles. The zero-order valence-electron chi connectivity index (χ0n) is 8.83. The lowest BCUT2D eigenvalue weighted by Crippen LogP contribution is -2.20. The van der Waals surface area contributed by atoms with Crippen molar-refractivity contribution < 1.29 is 17.2 Å². The summed E-state index contributed by atoms with van der Waals surface area (Å²) in [6.07, 6.45) is 5.92. The molecule has 1 heterocycles. The molecule has 0 spiro atoms. The Hall–Kier alpha value is -1.05. The molecule has 7 heteroatoms. The Labute approximate surface area is 90.4 Å². The fraction of sp³-hybridized carbons (Fsp3) is 0.500. The first-order valence-corrected chi connectivity index (χ1v) is 5.63. The second-order valence-corrected chi connectivity index (χ2v) is 3.82. The van der Waals surface area contributed by atoms with Gasteiger partial charge < -0.3 is 9.80 Å². The van der Waals surface area contributed by atoms with Gasteiger partial charge in [-0.25, -0.2) is 0 Å². The fourth-order valence-electron chi connectivity index (χ4n) is 0.808. The summed E-state index contributed by atoms with van der Waals surface area (Å²) in [5.74, 6) is 0. The van der Waals surface area contributed by atoms with Crippen LogP contribution in [0.3, 0.4) is 0 Å². The number of rotatable bonds is 3. The first-order valence-electron chi connectivity index (χ1n) is 4.26. The van der Waals surface area contributed by atoms with Crippen LogP contribution in [-0.4, -0.2) is 43.1 Å². The molecule has 1 aliphatic heterocycles. The highest BCUT2D eigenvalue weighted by molar-refractivity contribution is 7.80. The van der Waals surface area contributed by atoms with E-state index in [0.717, 1.165) is 20.3 Å². The smallest absolute Gasteiger partial charge is 0.359 e. The first kappa shape index (κ1) is 13.9. The molecule has 1 N–H and O–H groups in total. The SMILES string of the molecule is C=CN1C=CN(CC)C1.COS(=O)(=O)O. The van der Waals surface area contributed by atoms with Crippen LogP contribution in [0.4, 0.5) is 0 Å². The van der Waals surface area contributed by atoms with Crippen molar-refractivity contribution in [1.82, 2.24) is 9.80 Å². The Morgan fingerprint density at radius 3 is 2.33 bits per heavy atom. The van der Waals surface area contributed by atoms with Crippen LogP contribution in [0.5, 0.6) is 0 Å². The van der Waals surface area contributed by atoms with E-state index >= 15 is 0 Å². The molecule has 1 rings (SSSR count). The van der Waals surface area contributed by atoms with E-state index in [1.165, 1.54) is 0 Å². The summed E-state index contributed by atoms with van der Waals surface area (Å²) < 4.78 is 29.7. The second kappa shape index (κ2) is 6.44. The maximum Gasteiger partial charge on any atom is 0.397 e. The predicted molar refractivity (Wildman–Crippen MR) is 57.0 cm³/mol. The fourth-order valence-corrected chi connectivity index (χ4v) is 0.808. The van der Waals surface area contributed by atoms with Gasteiger partial charge in [0, 0.05) is 18.9 Å². The predicted octanol–water partition coefficient (Wildman–Crippen LogP) is 0.632. The lowest BCUT2D eigenvalue weighted by atomic mass is 10.6. The Kier molecular flexibility index (Phi) is 5.99. The third-order valence-electron chi connectivity index (χ3n) is 1.67. The molecule has 1 aliphatic rings. The van der Waals surface area contributed by atoms with Gasteiger partial charge in [0.15, 0.2) is 0 Å². The molecular weight excluding hydrogens is 220 g/mol. The molecule has 0 fully saturated rings. The summed E-state index contributed by atoms with van der Waals surface area (Å²) in [6.45, 7) is 7.82. The minimum Gasteiger partial charge on any atom is -0.359 e. The minimum absolute atomic E-state index is 0.870. The van der Waals surface area contributed by atoms with Crippen LogP contribution < -0.4 is 0 Å². The van der Waals surface area contributed by atoms with Gasteiger partial charge in [0.1, 0.15) is 0 Å². The molecule has 0 saturated heterocycles. The molecule has 88 valence electrons. The van der Waals surface area contributed by atoms with Crippen molar-refractivity contribution >= 4 is 10.4 Å². The average Bonchev–Trinajstić information content (AvgIpc) is 2.65. The molecule has 0 amide bonds. The van der Waals surface area contributed by atoms with Gasteiger partial charge in [0.2, 0.25) is 0 Å². The van der Waals surface area contributed by atoms with Crippen LogP contribution in [-0.2, 0) is 14.6 Å². The Morgan fingerprint density at radius 2 is 2.13 bits per heavy atom. The van der Waals surface area contributed by atoms with E-state index in [1.807, 2.05) is 17.3 Å². The van der Waals surface area contributed by atoms with Crippen molar-refractivity contribution in [2.45, 2.75) is 6.92 Å². The molecular formula is C8H16N2O4S. The second-order valence-electron chi connectivity index (χ2n) is 2.64. The summed E-state index contributed by atoms with van der Waals surface area (Å²) in [7, 11) is -3.29. The van der Waals surface area contributed by atoms with Crippen molar-refractivity contribution in [3.8, 4) is 0 Å². The van der Waals surface area contributed by atoms with Gasteiger partial charge in [-0.15, -0.1) is 0 Å². The van der Waals surface area contributed by atoms with E-state index in [4.69, 9.17) is 4.55 Å². The monoisotopic (exact) mass is 236 g/mol. The highest BCUT2D eigenvalue weighted by Gasteiger charge is 2.05. The molecule has 0 unspecified atom stereocenters. The highest BCUT2D eigenvalue weighted by atomic mass is 32.3. The average molecular weight is 236 g/mol. The normalized spacial score (nSPS) is 14.9. The summed E-state index contributed by atoms with van der Waals surface area (Å²) in [4.78, 5) is 4.26. The van der Waals surface area contributed by atoms with Crippen molar-refractivity contribution in [3.63, 3.8) is 0 Å². The van der Waals surface area contributed by atoms with E-state index in [9.17, 15) is 8.42 Å². The summed E-state index contributed by atoms with van der Waals surface area (Å²) >= 11 is 0. The lowest BCUT2D eigenvalue weighted by molar-refractivity contribution is 0.324. The molecule has 0 aromatic carbocycles. The van der Waals surface area contributed by atoms with Crippen molar-refractivity contribution in [1.29, 1.82) is 0 Å². The molecule has 15 heavy (non-hydrogen) atoms. The zero-order chi connectivity index (χ0) is 11.9. The molecule has 0 aromatic rings. The third kappa shape index (κ3) is 6.95. The lowest BCUT2D eigenvalue weighted by Gasteiger charge is -2.15. The first-order chi connectivity index (χ1) is 6.92. The summed E-state index contributed by atoms with van der Waals surface area (Å²) in [6, 6.07) is 0. The van der Waals surface area contributed by atoms with Crippen LogP contribution >= 0.6 is 0 Å². The molecule has 6 nitrogen and oxygen atoms in total. The summed E-state index contributed by atoms with van der Waals surface area (Å²) in [5.41, 5.74) is 0. The third-order valence-corrected chi connectivity index (χ3v) is 2.09. The van der Waals surface area contributed by atoms with E-state index in [-0.39, 0.29) is 0 Å². The van der Waals surface area contributed by atoms with Crippen LogP contribution in [0.15, 0.2) is 25.2 Å². The maximum atomic E-state index is 9.33. The van der Waals surface area contributed by atoms with Crippen LogP contribution in [0, 0.1) is 0 Å². The van der Waals surface area contributed by atoms with Crippen LogP contribution in [0.1, 0.15) is 6.92 Å². The van der Waals surface area contributed by atoms with Gasteiger partial charge in [0.05, 0.1) is 13.8 Å². The van der Waals surface area contributed by atoms with E-state index < -0.39 is 10.4 Å². The van der Waals surface area contributed by atoms with Gasteiger partial charge in [-0.2, -0.15) is 8.42 Å². The Bertz CT molecular complexity index is 313. The van der Waals surface area contributed by atoms with Crippen LogP contribution in [0.25, 0.3) is 0 Å². The molecule has 0 atom stereocenters. The largest absolute Gasteiger partial charge is 0.397 e. The van der Waals surface area contributed by atoms with Crippen molar-refractivity contribution in [3.05, 3.63) is 25.2 Å². The van der Waals surface area contributed by atoms with Gasteiger partial charge in [-0.1, -0.05) is 6.58 Å². The topological polar surface area (TPSA) is 70.1 Å². The van der Waals surface area contributed by atoms with Gasteiger partial charge in [-0.05, 0) is 13.1 Å². The molecule has 0 radical (unpaired) electrons. The number of hydrogen-bond acceptors (Lipinski definition) is 5. The van der Waals surface area contributed by atoms with Crippen LogP contribution in [0.2, 0.25) is 0 Å². The van der Waals surface area contributed by atoms with Gasteiger partial charge >= 0.3 is 10.4 Å². The molecule has 0 aromatic heterocycles.